The summed E-state index contributed by atoms with van der Waals surface area (Å²) in [4.78, 5) is 12.3. The molecule has 116 valence electrons. The molecule has 1 saturated heterocycles. The van der Waals surface area contributed by atoms with Crippen LogP contribution in [-0.2, 0) is 14.8 Å². The summed E-state index contributed by atoms with van der Waals surface area (Å²) in [5.74, 6) is -0.201. The van der Waals surface area contributed by atoms with Crippen LogP contribution in [0.4, 0.5) is 0 Å². The van der Waals surface area contributed by atoms with Crippen LogP contribution in [-0.4, -0.2) is 33.1 Å². The highest BCUT2D eigenvalue weighted by Crippen LogP contribution is 2.17. The van der Waals surface area contributed by atoms with Crippen molar-refractivity contribution >= 4 is 15.9 Å². The van der Waals surface area contributed by atoms with Gasteiger partial charge in [-0.25, -0.2) is 13.6 Å². The summed E-state index contributed by atoms with van der Waals surface area (Å²) < 4.78 is 28.0. The maximum Gasteiger partial charge on any atom is 0.251 e. The molecule has 0 saturated carbocycles. The molecule has 0 bridgehead atoms. The third-order valence-electron chi connectivity index (χ3n) is 3.59. The Labute approximate surface area is 124 Å². The summed E-state index contributed by atoms with van der Waals surface area (Å²) >= 11 is 0. The first-order chi connectivity index (χ1) is 9.77. The molecule has 1 aromatic carbocycles. The van der Waals surface area contributed by atoms with E-state index in [9.17, 15) is 13.2 Å². The first-order valence-electron chi connectivity index (χ1n) is 6.83. The van der Waals surface area contributed by atoms with Gasteiger partial charge in [-0.1, -0.05) is 0 Å². The van der Waals surface area contributed by atoms with Gasteiger partial charge in [0.15, 0.2) is 0 Å². The van der Waals surface area contributed by atoms with E-state index in [1.165, 1.54) is 18.2 Å². The number of nitrogens with two attached hydrogens (primary N) is 1. The average molecular weight is 312 g/mol. The number of sulfonamides is 1. The number of aryl methyl sites for hydroxylation is 1. The summed E-state index contributed by atoms with van der Waals surface area (Å²) in [7, 11) is -3.75. The van der Waals surface area contributed by atoms with Gasteiger partial charge in [0, 0.05) is 18.2 Å². The van der Waals surface area contributed by atoms with Crippen LogP contribution in [0.2, 0.25) is 0 Å². The second-order valence-corrected chi connectivity index (χ2v) is 6.96. The molecule has 1 fully saturated rings. The largest absolute Gasteiger partial charge is 0.378 e. The van der Waals surface area contributed by atoms with Gasteiger partial charge in [0.05, 0.1) is 11.0 Å². The number of primary sulfonamides is 1. The van der Waals surface area contributed by atoms with Crippen LogP contribution in [0, 0.1) is 6.92 Å². The van der Waals surface area contributed by atoms with Crippen LogP contribution in [0.15, 0.2) is 23.1 Å². The van der Waals surface area contributed by atoms with Gasteiger partial charge in [0.1, 0.15) is 0 Å². The SMILES string of the molecule is Cc1cc(S(N)(=O)=O)ccc1C(=O)NC1CCOC(C)C1. The maximum absolute atomic E-state index is 12.3. The van der Waals surface area contributed by atoms with Crippen molar-refractivity contribution in [1.29, 1.82) is 0 Å². The molecule has 21 heavy (non-hydrogen) atoms. The van der Waals surface area contributed by atoms with E-state index in [-0.39, 0.29) is 22.9 Å². The van der Waals surface area contributed by atoms with Gasteiger partial charge in [0.2, 0.25) is 10.0 Å². The van der Waals surface area contributed by atoms with Crippen LogP contribution < -0.4 is 10.5 Å². The van der Waals surface area contributed by atoms with Crippen LogP contribution in [0.5, 0.6) is 0 Å². The lowest BCUT2D eigenvalue weighted by molar-refractivity contribution is 0.0136. The average Bonchev–Trinajstić information content (AvgIpc) is 2.37. The molecule has 0 spiro atoms. The minimum Gasteiger partial charge on any atom is -0.378 e. The monoisotopic (exact) mass is 312 g/mol. The fourth-order valence-electron chi connectivity index (χ4n) is 2.46. The first kappa shape index (κ1) is 15.9. The molecule has 1 heterocycles. The number of ether oxygens (including phenoxy) is 1. The molecule has 0 aromatic heterocycles. The van der Waals surface area contributed by atoms with Crippen LogP contribution in [0.3, 0.4) is 0 Å². The van der Waals surface area contributed by atoms with E-state index in [4.69, 9.17) is 9.88 Å². The van der Waals surface area contributed by atoms with Crippen molar-refractivity contribution in [2.45, 2.75) is 43.7 Å². The third-order valence-corrected chi connectivity index (χ3v) is 4.50. The summed E-state index contributed by atoms with van der Waals surface area (Å²) in [6.45, 7) is 4.30. The van der Waals surface area contributed by atoms with Crippen LogP contribution >= 0.6 is 0 Å². The third kappa shape index (κ3) is 4.03. The quantitative estimate of drug-likeness (QED) is 0.867. The Morgan fingerprint density at radius 1 is 1.43 bits per heavy atom. The number of carbonyl (C=O) groups excluding carboxylic acids is 1. The van der Waals surface area contributed by atoms with E-state index in [1.807, 2.05) is 6.92 Å². The molecule has 0 aliphatic carbocycles. The van der Waals surface area contributed by atoms with E-state index in [0.717, 1.165) is 12.8 Å². The van der Waals surface area contributed by atoms with Crippen molar-refractivity contribution in [3.8, 4) is 0 Å². The van der Waals surface area contributed by atoms with Crippen molar-refractivity contribution in [2.24, 2.45) is 5.14 Å². The molecular weight excluding hydrogens is 292 g/mol. The van der Waals surface area contributed by atoms with Crippen molar-refractivity contribution < 1.29 is 17.9 Å². The minimum absolute atomic E-state index is 0.0104. The number of nitrogens with one attached hydrogen (secondary N) is 1. The summed E-state index contributed by atoms with van der Waals surface area (Å²) in [5, 5.41) is 8.04. The lowest BCUT2D eigenvalue weighted by atomic mass is 10.0. The molecular formula is C14H20N2O4S. The molecule has 7 heteroatoms. The zero-order valence-electron chi connectivity index (χ0n) is 12.1. The number of carbonyl (C=O) groups is 1. The van der Waals surface area contributed by atoms with Crippen molar-refractivity contribution in [3.63, 3.8) is 0 Å². The van der Waals surface area contributed by atoms with E-state index < -0.39 is 10.0 Å². The molecule has 2 atom stereocenters. The smallest absolute Gasteiger partial charge is 0.251 e. The summed E-state index contributed by atoms with van der Waals surface area (Å²) in [6.07, 6.45) is 1.69. The van der Waals surface area contributed by atoms with Gasteiger partial charge in [-0.3, -0.25) is 4.79 Å². The van der Waals surface area contributed by atoms with Crippen molar-refractivity contribution in [3.05, 3.63) is 29.3 Å². The van der Waals surface area contributed by atoms with Crippen molar-refractivity contribution in [1.82, 2.24) is 5.32 Å². The first-order valence-corrected chi connectivity index (χ1v) is 8.38. The molecule has 1 aliphatic heterocycles. The molecule has 2 unspecified atom stereocenters. The number of amides is 1. The number of benzene rings is 1. The predicted molar refractivity (Wildman–Crippen MR) is 78.5 cm³/mol. The summed E-state index contributed by atoms with van der Waals surface area (Å²) in [6, 6.07) is 4.34. The van der Waals surface area contributed by atoms with Gasteiger partial charge in [0.25, 0.3) is 5.91 Å². The maximum atomic E-state index is 12.3. The van der Waals surface area contributed by atoms with Crippen LogP contribution in [0.1, 0.15) is 35.7 Å². The zero-order chi connectivity index (χ0) is 15.6. The Morgan fingerprint density at radius 2 is 2.14 bits per heavy atom. The standard InChI is InChI=1S/C14H20N2O4S/c1-9-7-12(21(15,18)19)3-4-13(9)14(17)16-11-5-6-20-10(2)8-11/h3-4,7,10-11H,5-6,8H2,1-2H3,(H,16,17)(H2,15,18,19). The second-order valence-electron chi connectivity index (χ2n) is 5.40. The van der Waals surface area contributed by atoms with E-state index in [2.05, 4.69) is 5.32 Å². The van der Waals surface area contributed by atoms with Gasteiger partial charge >= 0.3 is 0 Å². The second kappa shape index (κ2) is 6.13. The Kier molecular flexibility index (Phi) is 4.65. The molecule has 1 amide bonds. The van der Waals surface area contributed by atoms with E-state index in [0.29, 0.717) is 17.7 Å². The fourth-order valence-corrected chi connectivity index (χ4v) is 3.06. The van der Waals surface area contributed by atoms with Gasteiger partial charge < -0.3 is 10.1 Å². The van der Waals surface area contributed by atoms with Gasteiger partial charge in [-0.15, -0.1) is 0 Å². The lowest BCUT2D eigenvalue weighted by Crippen LogP contribution is -2.41. The number of hydrogen-bond donors (Lipinski definition) is 2. The van der Waals surface area contributed by atoms with Gasteiger partial charge in [-0.2, -0.15) is 0 Å². The summed E-state index contributed by atoms with van der Waals surface area (Å²) in [5.41, 5.74) is 1.04. The Balaban J connectivity index is 2.12. The highest BCUT2D eigenvalue weighted by Gasteiger charge is 2.22. The van der Waals surface area contributed by atoms with Gasteiger partial charge in [-0.05, 0) is 50.5 Å². The number of rotatable bonds is 3. The molecule has 6 nitrogen and oxygen atoms in total. The Hall–Kier alpha value is -1.44. The predicted octanol–water partition coefficient (Wildman–Crippen LogP) is 0.940. The zero-order valence-corrected chi connectivity index (χ0v) is 12.9. The molecule has 0 radical (unpaired) electrons. The van der Waals surface area contributed by atoms with Crippen molar-refractivity contribution in [2.75, 3.05) is 6.61 Å². The molecule has 1 aromatic rings. The normalized spacial score (nSPS) is 22.8. The van der Waals surface area contributed by atoms with E-state index in [1.54, 1.807) is 6.92 Å². The Bertz CT molecular complexity index is 642. The highest BCUT2D eigenvalue weighted by molar-refractivity contribution is 7.89. The highest BCUT2D eigenvalue weighted by atomic mass is 32.2. The fraction of sp³-hybridized carbons (Fsp3) is 0.500. The topological polar surface area (TPSA) is 98.5 Å². The number of hydrogen-bond acceptors (Lipinski definition) is 4. The molecule has 3 N–H and O–H groups in total. The molecule has 1 aliphatic rings. The molecule has 2 rings (SSSR count). The van der Waals surface area contributed by atoms with E-state index >= 15 is 0 Å². The minimum atomic E-state index is -3.75. The van der Waals surface area contributed by atoms with Crippen LogP contribution in [0.25, 0.3) is 0 Å². The Morgan fingerprint density at radius 3 is 2.71 bits per heavy atom. The lowest BCUT2D eigenvalue weighted by Gasteiger charge is -2.28.